The van der Waals surface area contributed by atoms with Gasteiger partial charge in [-0.3, -0.25) is 14.4 Å². The Balaban J connectivity index is 2.79. The monoisotopic (exact) mass is 276 g/mol. The van der Waals surface area contributed by atoms with E-state index in [1.807, 2.05) is 0 Å². The summed E-state index contributed by atoms with van der Waals surface area (Å²) in [5.41, 5.74) is 0.649. The molecule has 20 heavy (non-hydrogen) atoms. The molecule has 0 saturated carbocycles. The average molecular weight is 276 g/mol. The van der Waals surface area contributed by atoms with Crippen LogP contribution < -0.4 is 10.6 Å². The van der Waals surface area contributed by atoms with Crippen LogP contribution in [0.4, 0.5) is 5.69 Å². The summed E-state index contributed by atoms with van der Waals surface area (Å²) >= 11 is 0. The highest BCUT2D eigenvalue weighted by Crippen LogP contribution is 2.15. The van der Waals surface area contributed by atoms with Gasteiger partial charge in [-0.15, -0.1) is 6.58 Å². The van der Waals surface area contributed by atoms with Gasteiger partial charge in [-0.25, -0.2) is 0 Å². The van der Waals surface area contributed by atoms with Gasteiger partial charge in [-0.2, -0.15) is 0 Å². The van der Waals surface area contributed by atoms with Gasteiger partial charge in [0.2, 0.25) is 5.91 Å². The van der Waals surface area contributed by atoms with Gasteiger partial charge in [0, 0.05) is 6.54 Å². The second-order valence-corrected chi connectivity index (χ2v) is 3.85. The summed E-state index contributed by atoms with van der Waals surface area (Å²) in [6.07, 6.45) is 1.15. The number of carbonyl (C=O) groups is 3. The molecule has 0 fully saturated rings. The topological polar surface area (TPSA) is 84.5 Å². The molecule has 0 atom stereocenters. The first-order valence-corrected chi connectivity index (χ1v) is 5.93. The van der Waals surface area contributed by atoms with E-state index in [0.717, 1.165) is 0 Å². The SMILES string of the molecule is C=CCNC(=O)c1ccccc1NC(=O)CC(=O)OC. The number of methoxy groups -OCH3 is 1. The van der Waals surface area contributed by atoms with Crippen molar-refractivity contribution in [2.75, 3.05) is 19.0 Å². The predicted octanol–water partition coefficient (Wildman–Crippen LogP) is 1.10. The number of ether oxygens (including phenoxy) is 1. The molecule has 106 valence electrons. The maximum Gasteiger partial charge on any atom is 0.315 e. The summed E-state index contributed by atoms with van der Waals surface area (Å²) in [5.74, 6) is -1.52. The van der Waals surface area contributed by atoms with Crippen molar-refractivity contribution in [3.05, 3.63) is 42.5 Å². The van der Waals surface area contributed by atoms with Crippen LogP contribution in [0.15, 0.2) is 36.9 Å². The first-order chi connectivity index (χ1) is 9.58. The largest absolute Gasteiger partial charge is 0.469 e. The third kappa shape index (κ3) is 4.56. The Labute approximate surface area is 116 Å². The Morgan fingerprint density at radius 2 is 2.00 bits per heavy atom. The number of carbonyl (C=O) groups excluding carboxylic acids is 3. The maximum absolute atomic E-state index is 11.9. The van der Waals surface area contributed by atoms with Gasteiger partial charge in [0.05, 0.1) is 18.4 Å². The molecule has 2 N–H and O–H groups in total. The van der Waals surface area contributed by atoms with E-state index in [9.17, 15) is 14.4 Å². The van der Waals surface area contributed by atoms with Crippen LogP contribution in [0, 0.1) is 0 Å². The third-order valence-electron chi connectivity index (χ3n) is 2.39. The Bertz CT molecular complexity index is 526. The van der Waals surface area contributed by atoms with Crippen molar-refractivity contribution in [3.63, 3.8) is 0 Å². The van der Waals surface area contributed by atoms with E-state index in [4.69, 9.17) is 0 Å². The Hall–Kier alpha value is -2.63. The predicted molar refractivity (Wildman–Crippen MR) is 74.2 cm³/mol. The third-order valence-corrected chi connectivity index (χ3v) is 2.39. The van der Waals surface area contributed by atoms with Crippen molar-refractivity contribution in [2.45, 2.75) is 6.42 Å². The number of para-hydroxylation sites is 1. The zero-order chi connectivity index (χ0) is 15.0. The molecule has 1 rings (SSSR count). The lowest BCUT2D eigenvalue weighted by atomic mass is 10.1. The number of rotatable bonds is 6. The first-order valence-electron chi connectivity index (χ1n) is 5.93. The van der Waals surface area contributed by atoms with E-state index < -0.39 is 18.3 Å². The molecule has 0 unspecified atom stereocenters. The second-order valence-electron chi connectivity index (χ2n) is 3.85. The Kier molecular flexibility index (Phi) is 5.96. The van der Waals surface area contributed by atoms with Crippen molar-refractivity contribution in [2.24, 2.45) is 0 Å². The molecular formula is C14H16N2O4. The summed E-state index contributed by atoms with van der Waals surface area (Å²) in [6.45, 7) is 3.83. The van der Waals surface area contributed by atoms with Crippen molar-refractivity contribution in [3.8, 4) is 0 Å². The number of hydrogen-bond acceptors (Lipinski definition) is 4. The van der Waals surface area contributed by atoms with Crippen LogP contribution in [0.2, 0.25) is 0 Å². The second kappa shape index (κ2) is 7.73. The molecule has 6 nitrogen and oxygen atoms in total. The summed E-state index contributed by atoms with van der Waals surface area (Å²) < 4.78 is 4.40. The summed E-state index contributed by atoms with van der Waals surface area (Å²) in [7, 11) is 1.20. The van der Waals surface area contributed by atoms with Crippen LogP contribution >= 0.6 is 0 Å². The lowest BCUT2D eigenvalue weighted by molar-refractivity contribution is -0.142. The van der Waals surface area contributed by atoms with Crippen LogP contribution in [0.5, 0.6) is 0 Å². The number of esters is 1. The molecule has 0 aliphatic heterocycles. The lowest BCUT2D eigenvalue weighted by Gasteiger charge is -2.10. The van der Waals surface area contributed by atoms with E-state index in [1.54, 1.807) is 30.3 Å². The van der Waals surface area contributed by atoms with E-state index in [0.29, 0.717) is 17.8 Å². The zero-order valence-electron chi connectivity index (χ0n) is 11.1. The molecular weight excluding hydrogens is 260 g/mol. The minimum absolute atomic E-state index is 0.313. The Morgan fingerprint density at radius 3 is 2.65 bits per heavy atom. The van der Waals surface area contributed by atoms with Gasteiger partial charge in [0.15, 0.2) is 0 Å². The van der Waals surface area contributed by atoms with Gasteiger partial charge >= 0.3 is 5.97 Å². The highest BCUT2D eigenvalue weighted by atomic mass is 16.5. The van der Waals surface area contributed by atoms with Crippen LogP contribution in [0.1, 0.15) is 16.8 Å². The summed E-state index contributed by atoms with van der Waals surface area (Å²) in [4.78, 5) is 34.5. The number of anilines is 1. The molecule has 0 radical (unpaired) electrons. The van der Waals surface area contributed by atoms with Crippen molar-refractivity contribution in [1.82, 2.24) is 5.32 Å². The van der Waals surface area contributed by atoms with Gasteiger partial charge in [0.1, 0.15) is 6.42 Å². The van der Waals surface area contributed by atoms with Gasteiger partial charge in [-0.1, -0.05) is 18.2 Å². The first kappa shape index (κ1) is 15.4. The van der Waals surface area contributed by atoms with Crippen molar-refractivity contribution < 1.29 is 19.1 Å². The smallest absolute Gasteiger partial charge is 0.315 e. The molecule has 0 bridgehead atoms. The van der Waals surface area contributed by atoms with Crippen LogP contribution in [0.3, 0.4) is 0 Å². The fourth-order valence-corrected chi connectivity index (χ4v) is 1.45. The minimum Gasteiger partial charge on any atom is -0.469 e. The molecule has 2 amide bonds. The number of nitrogens with one attached hydrogen (secondary N) is 2. The fourth-order valence-electron chi connectivity index (χ4n) is 1.45. The number of hydrogen-bond donors (Lipinski definition) is 2. The quantitative estimate of drug-likeness (QED) is 0.463. The maximum atomic E-state index is 11.9. The standard InChI is InChI=1S/C14H16N2O4/c1-3-8-15-14(19)10-6-4-5-7-11(10)16-12(17)9-13(18)20-2/h3-7H,1,8-9H2,2H3,(H,15,19)(H,16,17). The van der Waals surface area contributed by atoms with E-state index >= 15 is 0 Å². The molecule has 6 heteroatoms. The minimum atomic E-state index is -0.643. The molecule has 1 aromatic rings. The molecule has 0 aliphatic rings. The van der Waals surface area contributed by atoms with Crippen LogP contribution in [0.25, 0.3) is 0 Å². The Morgan fingerprint density at radius 1 is 1.30 bits per heavy atom. The number of benzene rings is 1. The van der Waals surface area contributed by atoms with Crippen molar-refractivity contribution in [1.29, 1.82) is 0 Å². The zero-order valence-corrected chi connectivity index (χ0v) is 11.1. The highest BCUT2D eigenvalue weighted by Gasteiger charge is 2.14. The summed E-state index contributed by atoms with van der Waals surface area (Å²) in [5, 5.41) is 5.12. The normalized spacial score (nSPS) is 9.45. The molecule has 0 saturated heterocycles. The summed E-state index contributed by atoms with van der Waals surface area (Å²) in [6, 6.07) is 6.51. The van der Waals surface area contributed by atoms with Gasteiger partial charge in [0.25, 0.3) is 5.91 Å². The van der Waals surface area contributed by atoms with Crippen molar-refractivity contribution >= 4 is 23.5 Å². The molecule has 0 heterocycles. The van der Waals surface area contributed by atoms with E-state index in [2.05, 4.69) is 21.9 Å². The van der Waals surface area contributed by atoms with E-state index in [-0.39, 0.29) is 5.91 Å². The number of amides is 2. The highest BCUT2D eigenvalue weighted by molar-refractivity contribution is 6.07. The molecule has 0 aromatic heterocycles. The lowest BCUT2D eigenvalue weighted by Crippen LogP contribution is -2.25. The molecule has 1 aromatic carbocycles. The fraction of sp³-hybridized carbons (Fsp3) is 0.214. The van der Waals surface area contributed by atoms with E-state index in [1.165, 1.54) is 7.11 Å². The van der Waals surface area contributed by atoms with Gasteiger partial charge < -0.3 is 15.4 Å². The average Bonchev–Trinajstić information content (AvgIpc) is 2.45. The van der Waals surface area contributed by atoms with Crippen LogP contribution in [-0.4, -0.2) is 31.4 Å². The van der Waals surface area contributed by atoms with Crippen LogP contribution in [-0.2, 0) is 14.3 Å². The molecule has 0 aliphatic carbocycles. The molecule has 0 spiro atoms. The van der Waals surface area contributed by atoms with Gasteiger partial charge in [-0.05, 0) is 12.1 Å².